The number of nitrogens with one attached hydrogen (secondary N) is 1. The molecule has 2 heterocycles. The molecule has 2 aliphatic heterocycles. The maximum atomic E-state index is 13.4. The second kappa shape index (κ2) is 9.43. The van der Waals surface area contributed by atoms with Crippen LogP contribution in [0.1, 0.15) is 18.4 Å². The van der Waals surface area contributed by atoms with Crippen molar-refractivity contribution in [3.63, 3.8) is 0 Å². The summed E-state index contributed by atoms with van der Waals surface area (Å²) in [5, 5.41) is 15.9. The van der Waals surface area contributed by atoms with Gasteiger partial charge in [0, 0.05) is 22.4 Å². The largest absolute Gasteiger partial charge is 0.416 e. The van der Waals surface area contributed by atoms with E-state index < -0.39 is 28.1 Å². The predicted molar refractivity (Wildman–Crippen MR) is 121 cm³/mol. The van der Waals surface area contributed by atoms with Gasteiger partial charge in [0.15, 0.2) is 0 Å². The third-order valence-corrected chi connectivity index (χ3v) is 7.53. The summed E-state index contributed by atoms with van der Waals surface area (Å²) in [5.41, 5.74) is 0.443. The Labute approximate surface area is 194 Å². The summed E-state index contributed by atoms with van der Waals surface area (Å²) < 4.78 is 64.9. The zero-order valence-corrected chi connectivity index (χ0v) is 19.3. The predicted octanol–water partition coefficient (Wildman–Crippen LogP) is 2.93. The smallest absolute Gasteiger partial charge is 0.390 e. The first-order chi connectivity index (χ1) is 15.5. The standard InChI is InChI=1S/C21H25F3N4O3S2/c22-21(23,24)14-5-6-20-18(11-14)28(17-3-1-2-4-19(17)32-20)13-16(29)12-27-9-7-15(8-10-27)26-33(25,30)31/h1-6,11,15-16,26,29H,7-10,12-13H2,(H2,25,30,31). The van der Waals surface area contributed by atoms with Crippen molar-refractivity contribution >= 4 is 33.3 Å². The molecule has 12 heteroatoms. The van der Waals surface area contributed by atoms with Crippen LogP contribution in [0.2, 0.25) is 0 Å². The van der Waals surface area contributed by atoms with Crippen LogP contribution in [0.25, 0.3) is 0 Å². The summed E-state index contributed by atoms with van der Waals surface area (Å²) in [7, 11) is -3.76. The zero-order chi connectivity index (χ0) is 23.8. The fraction of sp³-hybridized carbons (Fsp3) is 0.429. The highest BCUT2D eigenvalue weighted by atomic mass is 32.2. The molecule has 0 amide bonds. The van der Waals surface area contributed by atoms with Crippen LogP contribution in [0.3, 0.4) is 0 Å². The van der Waals surface area contributed by atoms with Gasteiger partial charge in [0.2, 0.25) is 0 Å². The third kappa shape index (κ3) is 6.00. The van der Waals surface area contributed by atoms with Crippen molar-refractivity contribution in [1.29, 1.82) is 0 Å². The van der Waals surface area contributed by atoms with E-state index in [0.717, 1.165) is 22.7 Å². The minimum absolute atomic E-state index is 0.126. The molecular formula is C21H25F3N4O3S2. The van der Waals surface area contributed by atoms with Gasteiger partial charge in [-0.2, -0.15) is 26.3 Å². The fourth-order valence-electron chi connectivity index (χ4n) is 4.23. The van der Waals surface area contributed by atoms with E-state index in [2.05, 4.69) is 4.72 Å². The first-order valence-electron chi connectivity index (χ1n) is 10.5. The molecule has 7 nitrogen and oxygen atoms in total. The van der Waals surface area contributed by atoms with Crippen molar-refractivity contribution in [2.45, 2.75) is 41.0 Å². The number of fused-ring (bicyclic) bond motifs is 2. The zero-order valence-electron chi connectivity index (χ0n) is 17.6. The van der Waals surface area contributed by atoms with E-state index in [0.29, 0.717) is 43.1 Å². The number of benzene rings is 2. The average Bonchev–Trinajstić information content (AvgIpc) is 2.73. The molecule has 0 spiro atoms. The number of halogens is 3. The molecule has 0 saturated carbocycles. The number of nitrogens with zero attached hydrogens (tertiary/aromatic N) is 2. The van der Waals surface area contributed by atoms with Gasteiger partial charge in [-0.3, -0.25) is 0 Å². The van der Waals surface area contributed by atoms with Crippen molar-refractivity contribution < 1.29 is 26.7 Å². The van der Waals surface area contributed by atoms with Crippen molar-refractivity contribution in [3.05, 3.63) is 48.0 Å². The number of β-amino-alcohol motifs (C(OH)–C–C–N with tert-alkyl or cyclic N) is 1. The van der Waals surface area contributed by atoms with Gasteiger partial charge >= 0.3 is 6.18 Å². The third-order valence-electron chi connectivity index (χ3n) is 5.73. The molecule has 2 aromatic carbocycles. The highest BCUT2D eigenvalue weighted by Gasteiger charge is 2.34. The molecule has 0 bridgehead atoms. The molecule has 0 radical (unpaired) electrons. The molecule has 33 heavy (non-hydrogen) atoms. The first-order valence-corrected chi connectivity index (χ1v) is 12.8. The van der Waals surface area contributed by atoms with E-state index in [1.807, 2.05) is 29.2 Å². The lowest BCUT2D eigenvalue weighted by Gasteiger charge is -2.37. The molecule has 1 atom stereocenters. The van der Waals surface area contributed by atoms with E-state index in [-0.39, 0.29) is 12.6 Å². The number of piperidine rings is 1. The molecule has 4 N–H and O–H groups in total. The molecule has 4 rings (SSSR count). The number of hydrogen-bond donors (Lipinski definition) is 3. The summed E-state index contributed by atoms with van der Waals surface area (Å²) in [6, 6.07) is 10.9. The molecule has 1 unspecified atom stereocenters. The van der Waals surface area contributed by atoms with Gasteiger partial charge in [0.1, 0.15) is 0 Å². The summed E-state index contributed by atoms with van der Waals surface area (Å²) in [4.78, 5) is 5.37. The summed E-state index contributed by atoms with van der Waals surface area (Å²) in [5.74, 6) is 0. The Morgan fingerprint density at radius 2 is 1.76 bits per heavy atom. The second-order valence-corrected chi connectivity index (χ2v) is 10.7. The lowest BCUT2D eigenvalue weighted by Crippen LogP contribution is -2.49. The van der Waals surface area contributed by atoms with Gasteiger partial charge < -0.3 is 14.9 Å². The van der Waals surface area contributed by atoms with Crippen LogP contribution in [-0.2, 0) is 16.4 Å². The Hall–Kier alpha value is -1.83. The molecular weight excluding hydrogens is 477 g/mol. The molecule has 0 aromatic heterocycles. The summed E-state index contributed by atoms with van der Waals surface area (Å²) >= 11 is 1.41. The topological polar surface area (TPSA) is 98.9 Å². The number of para-hydroxylation sites is 1. The highest BCUT2D eigenvalue weighted by molar-refractivity contribution is 7.99. The quantitative estimate of drug-likeness (QED) is 0.562. The lowest BCUT2D eigenvalue weighted by atomic mass is 10.1. The minimum atomic E-state index is -4.46. The molecule has 0 aliphatic carbocycles. The number of likely N-dealkylation sites (tertiary alicyclic amines) is 1. The summed E-state index contributed by atoms with van der Waals surface area (Å²) in [6.07, 6.45) is -4.17. The fourth-order valence-corrected chi connectivity index (χ4v) is 6.01. The Morgan fingerprint density at radius 1 is 1.09 bits per heavy atom. The lowest BCUT2D eigenvalue weighted by molar-refractivity contribution is -0.137. The van der Waals surface area contributed by atoms with Crippen LogP contribution in [-0.4, -0.2) is 56.7 Å². The molecule has 1 fully saturated rings. The first kappa shape index (κ1) is 24.3. The Balaban J connectivity index is 1.48. The number of rotatable bonds is 6. The number of anilines is 2. The average molecular weight is 503 g/mol. The van der Waals surface area contributed by atoms with Gasteiger partial charge in [-0.1, -0.05) is 23.9 Å². The van der Waals surface area contributed by atoms with Gasteiger partial charge in [-0.25, -0.2) is 5.14 Å². The van der Waals surface area contributed by atoms with E-state index >= 15 is 0 Å². The second-order valence-electron chi connectivity index (χ2n) is 8.25. The summed E-state index contributed by atoms with van der Waals surface area (Å²) in [6.45, 7) is 1.60. The Morgan fingerprint density at radius 3 is 2.42 bits per heavy atom. The van der Waals surface area contributed by atoms with E-state index in [4.69, 9.17) is 5.14 Å². The number of hydrogen-bond acceptors (Lipinski definition) is 6. The van der Waals surface area contributed by atoms with Crippen molar-refractivity contribution in [3.8, 4) is 0 Å². The van der Waals surface area contributed by atoms with Gasteiger partial charge in [-0.05, 0) is 56.3 Å². The number of aliphatic hydroxyl groups excluding tert-OH is 1. The van der Waals surface area contributed by atoms with E-state index in [9.17, 15) is 26.7 Å². The van der Waals surface area contributed by atoms with E-state index in [1.54, 1.807) is 4.90 Å². The SMILES string of the molecule is NS(=O)(=O)NC1CCN(CC(O)CN2c3ccccc3Sc3ccc(C(F)(F)F)cc32)CC1. The maximum absolute atomic E-state index is 13.4. The Kier molecular flexibility index (Phi) is 6.95. The van der Waals surface area contributed by atoms with Crippen LogP contribution >= 0.6 is 11.8 Å². The number of alkyl halides is 3. The molecule has 2 aromatic rings. The molecule has 180 valence electrons. The number of nitrogens with two attached hydrogens (primary N) is 1. The van der Waals surface area contributed by atoms with Crippen molar-refractivity contribution in [2.24, 2.45) is 5.14 Å². The van der Waals surface area contributed by atoms with Crippen LogP contribution < -0.4 is 14.8 Å². The number of aliphatic hydroxyl groups is 1. The van der Waals surface area contributed by atoms with Crippen LogP contribution in [0.5, 0.6) is 0 Å². The highest BCUT2D eigenvalue weighted by Crippen LogP contribution is 2.49. The van der Waals surface area contributed by atoms with Crippen LogP contribution in [0.15, 0.2) is 52.3 Å². The normalized spacial score (nSPS) is 18.6. The molecule has 1 saturated heterocycles. The Bertz CT molecular complexity index is 1110. The van der Waals surface area contributed by atoms with Crippen molar-refractivity contribution in [1.82, 2.24) is 9.62 Å². The maximum Gasteiger partial charge on any atom is 0.416 e. The van der Waals surface area contributed by atoms with Crippen molar-refractivity contribution in [2.75, 3.05) is 31.1 Å². The molecule has 2 aliphatic rings. The van der Waals surface area contributed by atoms with E-state index in [1.165, 1.54) is 17.8 Å². The van der Waals surface area contributed by atoms with Gasteiger partial charge in [-0.15, -0.1) is 0 Å². The van der Waals surface area contributed by atoms with Crippen LogP contribution in [0, 0.1) is 0 Å². The van der Waals surface area contributed by atoms with Crippen LogP contribution in [0.4, 0.5) is 24.5 Å². The monoisotopic (exact) mass is 502 g/mol. The van der Waals surface area contributed by atoms with Gasteiger partial charge in [0.25, 0.3) is 10.2 Å². The van der Waals surface area contributed by atoms with Gasteiger partial charge in [0.05, 0.1) is 29.6 Å². The minimum Gasteiger partial charge on any atom is -0.390 e.